The smallest absolute Gasteiger partial charge is 0.0809 e. The predicted molar refractivity (Wildman–Crippen MR) is 41.8 cm³/mol. The van der Waals surface area contributed by atoms with Crippen LogP contribution in [-0.2, 0) is 0 Å². The van der Waals surface area contributed by atoms with Gasteiger partial charge in [-0.25, -0.2) is 5.53 Å². The first-order chi connectivity index (χ1) is 4.76. The zero-order valence-electron chi connectivity index (χ0n) is 6.86. The Morgan fingerprint density at radius 3 is 2.50 bits per heavy atom. The summed E-state index contributed by atoms with van der Waals surface area (Å²) in [7, 11) is 1.84. The molecule has 0 heterocycles. The summed E-state index contributed by atoms with van der Waals surface area (Å²) in [6.07, 6.45) is 1.92. The zero-order chi connectivity index (χ0) is 7.98. The lowest BCUT2D eigenvalue weighted by Gasteiger charge is -2.03. The van der Waals surface area contributed by atoms with Gasteiger partial charge in [-0.15, -0.1) is 0 Å². The molecule has 0 aliphatic heterocycles. The van der Waals surface area contributed by atoms with Gasteiger partial charge in [0.05, 0.1) is 5.70 Å². The molecule has 0 saturated carbocycles. The quantitative estimate of drug-likeness (QED) is 0.580. The molecule has 0 aliphatic carbocycles. The highest BCUT2D eigenvalue weighted by molar-refractivity contribution is 5.06. The van der Waals surface area contributed by atoms with Crippen LogP contribution in [0.4, 0.5) is 0 Å². The fourth-order valence-corrected chi connectivity index (χ4v) is 0.708. The molecular formula is C7H15N3. The molecule has 2 N–H and O–H groups in total. The van der Waals surface area contributed by atoms with Crippen molar-refractivity contribution in [1.82, 2.24) is 5.32 Å². The van der Waals surface area contributed by atoms with Crippen molar-refractivity contribution in [2.24, 2.45) is 5.11 Å². The number of hydrogen-bond acceptors (Lipinski definition) is 3. The number of hydrogen-bond donors (Lipinski definition) is 2. The van der Waals surface area contributed by atoms with Gasteiger partial charge in [-0.1, -0.05) is 13.3 Å². The molecule has 3 heteroatoms. The monoisotopic (exact) mass is 141 g/mol. The van der Waals surface area contributed by atoms with Crippen LogP contribution in [0.25, 0.3) is 0 Å². The van der Waals surface area contributed by atoms with Gasteiger partial charge in [0.25, 0.3) is 0 Å². The molecule has 0 atom stereocenters. The van der Waals surface area contributed by atoms with Crippen molar-refractivity contribution >= 4 is 0 Å². The fourth-order valence-electron chi connectivity index (χ4n) is 0.708. The van der Waals surface area contributed by atoms with E-state index in [0.717, 1.165) is 24.2 Å². The van der Waals surface area contributed by atoms with Gasteiger partial charge >= 0.3 is 0 Å². The van der Waals surface area contributed by atoms with Crippen molar-refractivity contribution < 1.29 is 0 Å². The molecule has 0 amide bonds. The summed E-state index contributed by atoms with van der Waals surface area (Å²) in [5.41, 5.74) is 8.67. The van der Waals surface area contributed by atoms with E-state index in [0.29, 0.717) is 0 Å². The molecule has 0 aliphatic rings. The van der Waals surface area contributed by atoms with Gasteiger partial charge < -0.3 is 5.32 Å². The van der Waals surface area contributed by atoms with Crippen LogP contribution < -0.4 is 5.32 Å². The van der Waals surface area contributed by atoms with E-state index < -0.39 is 0 Å². The van der Waals surface area contributed by atoms with Crippen LogP contribution in [0.1, 0.15) is 26.7 Å². The van der Waals surface area contributed by atoms with E-state index in [1.165, 1.54) is 0 Å². The van der Waals surface area contributed by atoms with E-state index in [9.17, 15) is 0 Å². The van der Waals surface area contributed by atoms with E-state index >= 15 is 0 Å². The Morgan fingerprint density at radius 2 is 2.20 bits per heavy atom. The second-order valence-corrected chi connectivity index (χ2v) is 2.18. The fraction of sp³-hybridized carbons (Fsp3) is 0.714. The standard InChI is InChI=1S/C7H15N3/c1-4-5-7(10-8)6(2)9-3/h8-9H,4-5H2,1-3H3/b7-6-,10-8?. The Balaban J connectivity index is 4.14. The van der Waals surface area contributed by atoms with Crippen LogP contribution in [0.3, 0.4) is 0 Å². The Morgan fingerprint density at radius 1 is 1.60 bits per heavy atom. The van der Waals surface area contributed by atoms with Crippen LogP contribution >= 0.6 is 0 Å². The summed E-state index contributed by atoms with van der Waals surface area (Å²) in [6, 6.07) is 0. The largest absolute Gasteiger partial charge is 0.390 e. The first kappa shape index (κ1) is 9.14. The lowest BCUT2D eigenvalue weighted by atomic mass is 10.2. The van der Waals surface area contributed by atoms with E-state index in [-0.39, 0.29) is 0 Å². The highest BCUT2D eigenvalue weighted by Crippen LogP contribution is 2.09. The normalized spacial score (nSPS) is 12.3. The third kappa shape index (κ3) is 2.62. The topological polar surface area (TPSA) is 48.2 Å². The lowest BCUT2D eigenvalue weighted by molar-refractivity contribution is 0.808. The molecule has 0 unspecified atom stereocenters. The molecule has 10 heavy (non-hydrogen) atoms. The molecule has 0 rings (SSSR count). The van der Waals surface area contributed by atoms with Gasteiger partial charge in [-0.05, 0) is 13.3 Å². The highest BCUT2D eigenvalue weighted by Gasteiger charge is 1.96. The Bertz CT molecular complexity index is 138. The van der Waals surface area contributed by atoms with Crippen LogP contribution in [0.15, 0.2) is 16.5 Å². The number of rotatable bonds is 4. The summed E-state index contributed by atoms with van der Waals surface area (Å²) >= 11 is 0. The van der Waals surface area contributed by atoms with Crippen molar-refractivity contribution in [3.63, 3.8) is 0 Å². The van der Waals surface area contributed by atoms with E-state index in [1.54, 1.807) is 0 Å². The van der Waals surface area contributed by atoms with Gasteiger partial charge in [-0.3, -0.25) is 0 Å². The molecule has 3 nitrogen and oxygen atoms in total. The SMILES string of the molecule is CCC/C(N=N)=C(\C)NC. The lowest BCUT2D eigenvalue weighted by Crippen LogP contribution is -2.04. The maximum atomic E-state index is 6.82. The molecule has 0 aromatic carbocycles. The van der Waals surface area contributed by atoms with Gasteiger partial charge in [0.1, 0.15) is 0 Å². The Labute approximate surface area is 62.0 Å². The molecule has 0 aromatic heterocycles. The van der Waals surface area contributed by atoms with Crippen LogP contribution in [0.5, 0.6) is 0 Å². The van der Waals surface area contributed by atoms with E-state index in [2.05, 4.69) is 17.4 Å². The molecule has 58 valence electrons. The summed E-state index contributed by atoms with van der Waals surface area (Å²) in [6.45, 7) is 4.01. The first-order valence-electron chi connectivity index (χ1n) is 3.51. The third-order valence-electron chi connectivity index (χ3n) is 1.43. The minimum Gasteiger partial charge on any atom is -0.390 e. The number of nitrogens with zero attached hydrogens (tertiary/aromatic N) is 1. The predicted octanol–water partition coefficient (Wildman–Crippen LogP) is 2.27. The Kier molecular flexibility index (Phi) is 4.54. The minimum absolute atomic E-state index is 0.852. The van der Waals surface area contributed by atoms with Gasteiger partial charge in [0.15, 0.2) is 0 Å². The highest BCUT2D eigenvalue weighted by atomic mass is 15.0. The van der Waals surface area contributed by atoms with Crippen LogP contribution in [-0.4, -0.2) is 7.05 Å². The van der Waals surface area contributed by atoms with Crippen molar-refractivity contribution in [3.05, 3.63) is 11.4 Å². The summed E-state index contributed by atoms with van der Waals surface area (Å²) < 4.78 is 0. The van der Waals surface area contributed by atoms with Gasteiger partial charge in [0.2, 0.25) is 0 Å². The van der Waals surface area contributed by atoms with Crippen LogP contribution in [0.2, 0.25) is 0 Å². The summed E-state index contributed by atoms with van der Waals surface area (Å²) in [5.74, 6) is 0. The zero-order valence-corrected chi connectivity index (χ0v) is 6.86. The molecule has 0 spiro atoms. The minimum atomic E-state index is 0.852. The second kappa shape index (κ2) is 4.97. The average Bonchev–Trinajstić information content (AvgIpc) is 1.99. The molecule has 0 bridgehead atoms. The van der Waals surface area contributed by atoms with Gasteiger partial charge in [0, 0.05) is 12.7 Å². The molecule has 0 radical (unpaired) electrons. The van der Waals surface area contributed by atoms with Crippen molar-refractivity contribution in [1.29, 1.82) is 5.53 Å². The average molecular weight is 141 g/mol. The first-order valence-corrected chi connectivity index (χ1v) is 3.51. The van der Waals surface area contributed by atoms with Crippen molar-refractivity contribution in [3.8, 4) is 0 Å². The van der Waals surface area contributed by atoms with Crippen molar-refractivity contribution in [2.45, 2.75) is 26.7 Å². The van der Waals surface area contributed by atoms with E-state index in [4.69, 9.17) is 5.53 Å². The molecule has 0 aromatic rings. The third-order valence-corrected chi connectivity index (χ3v) is 1.43. The maximum absolute atomic E-state index is 6.82. The second-order valence-electron chi connectivity index (χ2n) is 2.18. The number of nitrogens with one attached hydrogen (secondary N) is 2. The Hall–Kier alpha value is -0.860. The van der Waals surface area contributed by atoms with Crippen molar-refractivity contribution in [2.75, 3.05) is 7.05 Å². The van der Waals surface area contributed by atoms with Crippen LogP contribution in [0, 0.1) is 5.53 Å². The molecule has 0 saturated heterocycles. The van der Waals surface area contributed by atoms with Gasteiger partial charge in [-0.2, -0.15) is 5.11 Å². The number of allylic oxidation sites excluding steroid dienone is 2. The summed E-state index contributed by atoms with van der Waals surface area (Å²) in [4.78, 5) is 0. The van der Waals surface area contributed by atoms with E-state index in [1.807, 2.05) is 14.0 Å². The molecule has 0 fully saturated rings. The maximum Gasteiger partial charge on any atom is 0.0809 e. The molecular weight excluding hydrogens is 126 g/mol. The summed E-state index contributed by atoms with van der Waals surface area (Å²) in [5, 5.41) is 6.38.